The van der Waals surface area contributed by atoms with Crippen molar-refractivity contribution in [3.8, 4) is 0 Å². The number of rotatable bonds is 3. The Bertz CT molecular complexity index is 321. The van der Waals surface area contributed by atoms with Crippen LogP contribution in [0.1, 0.15) is 22.2 Å². The third-order valence-corrected chi connectivity index (χ3v) is 1.75. The third-order valence-electron chi connectivity index (χ3n) is 1.75. The number of nitrogens with two attached hydrogens (primary N) is 1. The maximum Gasteiger partial charge on any atom is 0.339 e. The summed E-state index contributed by atoms with van der Waals surface area (Å²) in [4.78, 5) is 10.7. The minimum absolute atomic E-state index is 0.0135. The number of aromatic nitrogens is 2. The van der Waals surface area contributed by atoms with Crippen molar-refractivity contribution < 1.29 is 15.0 Å². The van der Waals surface area contributed by atoms with Gasteiger partial charge in [0.2, 0.25) is 0 Å². The maximum absolute atomic E-state index is 10.7. The zero-order valence-corrected chi connectivity index (χ0v) is 7.14. The minimum atomic E-state index is -1.12. The number of aliphatic hydroxyl groups excluding tert-OH is 1. The summed E-state index contributed by atoms with van der Waals surface area (Å²) in [5.41, 5.74) is 5.44. The van der Waals surface area contributed by atoms with Gasteiger partial charge < -0.3 is 15.9 Å². The van der Waals surface area contributed by atoms with Gasteiger partial charge in [0.15, 0.2) is 0 Å². The first-order valence-corrected chi connectivity index (χ1v) is 3.71. The Labute approximate surface area is 74.6 Å². The first kappa shape index (κ1) is 9.69. The minimum Gasteiger partial charge on any atom is -0.478 e. The average Bonchev–Trinajstić information content (AvgIpc) is 2.46. The first-order chi connectivity index (χ1) is 6.07. The summed E-state index contributed by atoms with van der Waals surface area (Å²) in [5.74, 6) is -1.12. The lowest BCUT2D eigenvalue weighted by molar-refractivity contribution is 0.0688. The van der Waals surface area contributed by atoms with Crippen LogP contribution in [0.25, 0.3) is 0 Å². The molecule has 0 aliphatic carbocycles. The van der Waals surface area contributed by atoms with Crippen LogP contribution in [0.4, 0.5) is 0 Å². The second kappa shape index (κ2) is 3.55. The van der Waals surface area contributed by atoms with Gasteiger partial charge in [0.25, 0.3) is 0 Å². The van der Waals surface area contributed by atoms with E-state index in [0.717, 1.165) is 0 Å². The van der Waals surface area contributed by atoms with Crippen LogP contribution in [-0.4, -0.2) is 32.5 Å². The maximum atomic E-state index is 10.7. The predicted molar refractivity (Wildman–Crippen MR) is 44.2 cm³/mol. The molecular weight excluding hydrogens is 174 g/mol. The zero-order valence-electron chi connectivity index (χ0n) is 7.14. The van der Waals surface area contributed by atoms with Crippen molar-refractivity contribution in [2.75, 3.05) is 6.54 Å². The smallest absolute Gasteiger partial charge is 0.339 e. The van der Waals surface area contributed by atoms with Crippen LogP contribution in [0.2, 0.25) is 0 Å². The Morgan fingerprint density at radius 1 is 1.85 bits per heavy atom. The molecule has 0 radical (unpaired) electrons. The molecule has 72 valence electrons. The number of nitrogens with zero attached hydrogens (tertiary/aromatic N) is 2. The van der Waals surface area contributed by atoms with Crippen molar-refractivity contribution in [1.82, 2.24) is 9.78 Å². The van der Waals surface area contributed by atoms with Crippen LogP contribution in [-0.2, 0) is 7.05 Å². The van der Waals surface area contributed by atoms with E-state index in [1.807, 2.05) is 0 Å². The van der Waals surface area contributed by atoms with Crippen LogP contribution in [0, 0.1) is 0 Å². The molecule has 6 nitrogen and oxygen atoms in total. The summed E-state index contributed by atoms with van der Waals surface area (Å²) in [7, 11) is 1.56. The average molecular weight is 185 g/mol. The number of hydrogen-bond acceptors (Lipinski definition) is 4. The van der Waals surface area contributed by atoms with Crippen molar-refractivity contribution in [2.45, 2.75) is 6.10 Å². The summed E-state index contributed by atoms with van der Waals surface area (Å²) in [6.07, 6.45) is 0.204. The fraction of sp³-hybridized carbons (Fsp3) is 0.429. The Morgan fingerprint density at radius 2 is 2.46 bits per heavy atom. The highest BCUT2D eigenvalue weighted by molar-refractivity contribution is 5.88. The van der Waals surface area contributed by atoms with Gasteiger partial charge in [-0.25, -0.2) is 4.79 Å². The van der Waals surface area contributed by atoms with Crippen LogP contribution in [0.15, 0.2) is 6.20 Å². The third kappa shape index (κ3) is 1.68. The monoisotopic (exact) mass is 185 g/mol. The highest BCUT2D eigenvalue weighted by Gasteiger charge is 2.20. The number of hydrogen-bond donors (Lipinski definition) is 3. The van der Waals surface area contributed by atoms with Gasteiger partial charge in [0.05, 0.1) is 11.9 Å². The Balaban J connectivity index is 3.15. The van der Waals surface area contributed by atoms with Crippen molar-refractivity contribution >= 4 is 5.97 Å². The summed E-state index contributed by atoms with van der Waals surface area (Å²) >= 11 is 0. The second-order valence-corrected chi connectivity index (χ2v) is 2.62. The van der Waals surface area contributed by atoms with Crippen molar-refractivity contribution in [1.29, 1.82) is 0 Å². The summed E-state index contributed by atoms with van der Waals surface area (Å²) in [6, 6.07) is 0. The van der Waals surface area contributed by atoms with Crippen LogP contribution in [0.3, 0.4) is 0 Å². The van der Waals surface area contributed by atoms with E-state index in [9.17, 15) is 9.90 Å². The van der Waals surface area contributed by atoms with Gasteiger partial charge in [-0.3, -0.25) is 4.68 Å². The molecule has 1 aromatic rings. The van der Waals surface area contributed by atoms with E-state index in [4.69, 9.17) is 10.8 Å². The Hall–Kier alpha value is -1.40. The van der Waals surface area contributed by atoms with Gasteiger partial charge in [-0.05, 0) is 0 Å². The number of aryl methyl sites for hydroxylation is 1. The van der Waals surface area contributed by atoms with E-state index in [0.29, 0.717) is 0 Å². The van der Waals surface area contributed by atoms with Gasteiger partial charge in [-0.2, -0.15) is 5.10 Å². The van der Waals surface area contributed by atoms with E-state index in [1.54, 1.807) is 7.05 Å². The molecule has 13 heavy (non-hydrogen) atoms. The molecule has 0 aliphatic rings. The molecule has 0 aliphatic heterocycles. The van der Waals surface area contributed by atoms with Crippen LogP contribution in [0.5, 0.6) is 0 Å². The molecule has 0 amide bonds. The normalized spacial score (nSPS) is 12.8. The fourth-order valence-electron chi connectivity index (χ4n) is 1.12. The number of aromatic carboxylic acids is 1. The van der Waals surface area contributed by atoms with Crippen molar-refractivity contribution in [3.63, 3.8) is 0 Å². The van der Waals surface area contributed by atoms with E-state index >= 15 is 0 Å². The SMILES string of the molecule is Cn1ncc(C(=O)O)c1C(O)CN. The molecule has 0 saturated heterocycles. The lowest BCUT2D eigenvalue weighted by Crippen LogP contribution is -2.17. The molecule has 0 bridgehead atoms. The Morgan fingerprint density at radius 3 is 2.92 bits per heavy atom. The van der Waals surface area contributed by atoms with E-state index in [1.165, 1.54) is 10.9 Å². The summed E-state index contributed by atoms with van der Waals surface area (Å²) in [6.45, 7) is -0.0280. The number of carboxylic acid groups (broad SMARTS) is 1. The van der Waals surface area contributed by atoms with E-state index < -0.39 is 12.1 Å². The summed E-state index contributed by atoms with van der Waals surface area (Å²) < 4.78 is 1.31. The van der Waals surface area contributed by atoms with Crippen LogP contribution < -0.4 is 5.73 Å². The molecule has 0 spiro atoms. The molecule has 0 aromatic carbocycles. The highest BCUT2D eigenvalue weighted by atomic mass is 16.4. The molecule has 6 heteroatoms. The van der Waals surface area contributed by atoms with Gasteiger partial charge in [0.1, 0.15) is 11.7 Å². The highest BCUT2D eigenvalue weighted by Crippen LogP contribution is 2.15. The zero-order chi connectivity index (χ0) is 10.0. The number of carboxylic acids is 1. The largest absolute Gasteiger partial charge is 0.478 e. The molecule has 1 aromatic heterocycles. The van der Waals surface area contributed by atoms with Gasteiger partial charge in [0, 0.05) is 13.6 Å². The van der Waals surface area contributed by atoms with Gasteiger partial charge in [-0.15, -0.1) is 0 Å². The van der Waals surface area contributed by atoms with Gasteiger partial charge >= 0.3 is 5.97 Å². The molecule has 0 saturated carbocycles. The van der Waals surface area contributed by atoms with E-state index in [2.05, 4.69) is 5.10 Å². The molecule has 0 fully saturated rings. The molecule has 4 N–H and O–H groups in total. The molecule has 1 rings (SSSR count). The fourth-order valence-corrected chi connectivity index (χ4v) is 1.12. The quantitative estimate of drug-likeness (QED) is 0.567. The van der Waals surface area contributed by atoms with Crippen molar-refractivity contribution in [3.05, 3.63) is 17.5 Å². The molecule has 1 heterocycles. The lowest BCUT2D eigenvalue weighted by Gasteiger charge is -2.08. The topological polar surface area (TPSA) is 101 Å². The molecule has 1 atom stereocenters. The van der Waals surface area contributed by atoms with Crippen LogP contribution >= 0.6 is 0 Å². The van der Waals surface area contributed by atoms with Crippen molar-refractivity contribution in [2.24, 2.45) is 12.8 Å². The second-order valence-electron chi connectivity index (χ2n) is 2.62. The standard InChI is InChI=1S/C7H11N3O3/c1-10-6(5(11)2-8)4(3-9-10)7(12)13/h3,5,11H,2,8H2,1H3,(H,12,13). The Kier molecular flexibility index (Phi) is 2.64. The number of carbonyl (C=O) groups is 1. The van der Waals surface area contributed by atoms with E-state index in [-0.39, 0.29) is 17.8 Å². The molecule has 1 unspecified atom stereocenters. The van der Waals surface area contributed by atoms with Gasteiger partial charge in [-0.1, -0.05) is 0 Å². The first-order valence-electron chi connectivity index (χ1n) is 3.71. The lowest BCUT2D eigenvalue weighted by atomic mass is 10.1. The summed E-state index contributed by atoms with van der Waals surface area (Å²) in [5, 5.41) is 21.8. The number of aliphatic hydroxyl groups is 1. The predicted octanol–water partition coefficient (Wildman–Crippen LogP) is -0.890. The molecular formula is C7H11N3O3.